The molecular formula is C9H8I2. The largest absolute Gasteiger partial charge is 0.0867 e. The van der Waals surface area contributed by atoms with Gasteiger partial charge in [0.25, 0.3) is 0 Å². The van der Waals surface area contributed by atoms with E-state index in [1.165, 1.54) is 5.57 Å². The Morgan fingerprint density at radius 2 is 2.09 bits per heavy atom. The zero-order valence-corrected chi connectivity index (χ0v) is 10.2. The fraction of sp³-hybridized carbons (Fsp3) is 0.111. The highest BCUT2D eigenvalue weighted by Crippen LogP contribution is 2.28. The average molecular weight is 370 g/mol. The molecule has 11 heavy (non-hydrogen) atoms. The van der Waals surface area contributed by atoms with Crippen LogP contribution in [0, 0.1) is 0 Å². The van der Waals surface area contributed by atoms with Gasteiger partial charge in [0, 0.05) is 5.60 Å². The number of hydrogen-bond acceptors (Lipinski definition) is 0. The fourth-order valence-electron chi connectivity index (χ4n) is 0.969. The van der Waals surface area contributed by atoms with Crippen LogP contribution in [0.4, 0.5) is 0 Å². The SMILES string of the molecule is C1=CC2=C(C=CC1)I=CI=C2. The average Bonchev–Trinajstić information content (AvgIpc) is 2.28. The lowest BCUT2D eigenvalue weighted by Crippen LogP contribution is -1.82. The summed E-state index contributed by atoms with van der Waals surface area (Å²) in [6.45, 7) is 0. The van der Waals surface area contributed by atoms with Crippen LogP contribution < -0.4 is 0 Å². The molecule has 0 unspecified atom stereocenters. The summed E-state index contributed by atoms with van der Waals surface area (Å²) in [6.07, 6.45) is 10.3. The van der Waals surface area contributed by atoms with Crippen LogP contribution in [0.1, 0.15) is 6.42 Å². The quantitative estimate of drug-likeness (QED) is 0.575. The second kappa shape index (κ2) is 3.89. The maximum Gasteiger partial charge on any atom is 0.0155 e. The molecule has 0 N–H and O–H groups in total. The van der Waals surface area contributed by atoms with Gasteiger partial charge in [-0.05, 0) is 16.0 Å². The highest BCUT2D eigenvalue weighted by atomic mass is 127. The van der Waals surface area contributed by atoms with Crippen molar-refractivity contribution in [1.82, 2.24) is 0 Å². The van der Waals surface area contributed by atoms with E-state index in [2.05, 4.69) is 30.3 Å². The molecule has 2 heteroatoms. The summed E-state index contributed by atoms with van der Waals surface area (Å²) in [4.78, 5) is 0. The lowest BCUT2D eigenvalue weighted by molar-refractivity contribution is 1.40. The summed E-state index contributed by atoms with van der Waals surface area (Å²) in [5.41, 5.74) is 1.53. The second-order valence-electron chi connectivity index (χ2n) is 2.27. The van der Waals surface area contributed by atoms with Crippen LogP contribution in [0.15, 0.2) is 33.5 Å². The van der Waals surface area contributed by atoms with E-state index >= 15 is 0 Å². The van der Waals surface area contributed by atoms with Gasteiger partial charge in [-0.15, -0.1) is 0 Å². The van der Waals surface area contributed by atoms with Gasteiger partial charge in [0.05, 0.1) is 0 Å². The molecule has 0 spiro atoms. The predicted octanol–water partition coefficient (Wildman–Crippen LogP) is 3.27. The van der Waals surface area contributed by atoms with E-state index in [9.17, 15) is 0 Å². The summed E-state index contributed by atoms with van der Waals surface area (Å²) in [7, 11) is 0. The van der Waals surface area contributed by atoms with Gasteiger partial charge in [0.15, 0.2) is 0 Å². The third kappa shape index (κ3) is 1.96. The van der Waals surface area contributed by atoms with E-state index in [0.29, 0.717) is 20.7 Å². The maximum atomic E-state index is 2.54. The molecule has 0 amide bonds. The van der Waals surface area contributed by atoms with Crippen LogP contribution in [0.5, 0.6) is 0 Å². The molecule has 0 atom stereocenters. The lowest BCUT2D eigenvalue weighted by Gasteiger charge is -2.00. The molecule has 2 rings (SSSR count). The van der Waals surface area contributed by atoms with E-state index in [1.807, 2.05) is 0 Å². The Balaban J connectivity index is 2.49. The maximum absolute atomic E-state index is 2.54. The minimum absolute atomic E-state index is 0.270. The molecule has 0 aromatic carbocycles. The predicted molar refractivity (Wildman–Crippen MR) is 70.1 cm³/mol. The Bertz CT molecular complexity index is 274. The Morgan fingerprint density at radius 1 is 1.18 bits per heavy atom. The Labute approximate surface area is 86.6 Å². The van der Waals surface area contributed by atoms with Gasteiger partial charge < -0.3 is 0 Å². The van der Waals surface area contributed by atoms with E-state index in [-0.39, 0.29) is 20.7 Å². The van der Waals surface area contributed by atoms with Crippen molar-refractivity contribution in [3.8, 4) is 0 Å². The summed E-state index contributed by atoms with van der Waals surface area (Å²) in [6, 6.07) is 0. The Morgan fingerprint density at radius 3 is 3.09 bits per heavy atom. The monoisotopic (exact) mass is 370 g/mol. The van der Waals surface area contributed by atoms with Crippen molar-refractivity contribution < 1.29 is 0 Å². The van der Waals surface area contributed by atoms with E-state index in [0.717, 1.165) is 6.42 Å². The zero-order valence-electron chi connectivity index (χ0n) is 5.93. The molecule has 0 fully saturated rings. The summed E-state index contributed by atoms with van der Waals surface area (Å²) >= 11 is 0.582. The molecule has 0 radical (unpaired) electrons. The van der Waals surface area contributed by atoms with Gasteiger partial charge in [-0.1, -0.05) is 65.8 Å². The number of allylic oxidation sites excluding steroid dienone is 6. The van der Waals surface area contributed by atoms with Crippen molar-refractivity contribution in [3.63, 3.8) is 0 Å². The van der Waals surface area contributed by atoms with Crippen molar-refractivity contribution in [2.45, 2.75) is 6.42 Å². The van der Waals surface area contributed by atoms with Crippen LogP contribution in [-0.2, 0) is 0 Å². The zero-order chi connectivity index (χ0) is 7.52. The molecule has 2 aliphatic rings. The third-order valence-electron chi connectivity index (χ3n) is 1.50. The standard InChI is InChI=1S/C9H8I2/c1-2-4-8-6-10-7-11-9(8)5-3-1/h2-7H,1H2. The van der Waals surface area contributed by atoms with Crippen LogP contribution in [-0.4, -0.2) is 6.03 Å². The topological polar surface area (TPSA) is 0 Å². The van der Waals surface area contributed by atoms with Gasteiger partial charge >= 0.3 is 0 Å². The molecule has 0 nitrogen and oxygen atoms in total. The van der Waals surface area contributed by atoms with Crippen LogP contribution in [0.2, 0.25) is 0 Å². The van der Waals surface area contributed by atoms with Crippen molar-refractivity contribution in [2.75, 3.05) is 0 Å². The number of hydrogen-bond donors (Lipinski definition) is 0. The number of rotatable bonds is 0. The van der Waals surface area contributed by atoms with E-state index < -0.39 is 0 Å². The van der Waals surface area contributed by atoms with Gasteiger partial charge in [0.2, 0.25) is 0 Å². The lowest BCUT2D eigenvalue weighted by atomic mass is 10.3. The van der Waals surface area contributed by atoms with E-state index in [1.54, 1.807) is 3.58 Å². The minimum atomic E-state index is 0.270. The first-order chi connectivity index (χ1) is 5.47. The van der Waals surface area contributed by atoms with Crippen LogP contribution >= 0.6 is 41.5 Å². The summed E-state index contributed by atoms with van der Waals surface area (Å²) in [5, 5.41) is 0. The number of halogens is 2. The van der Waals surface area contributed by atoms with Crippen molar-refractivity contribution in [3.05, 3.63) is 33.5 Å². The van der Waals surface area contributed by atoms with Gasteiger partial charge in [-0.25, -0.2) is 0 Å². The first kappa shape index (κ1) is 8.04. The molecule has 0 aromatic rings. The third-order valence-corrected chi connectivity index (χ3v) is 8.09. The fourth-order valence-corrected chi connectivity index (χ4v) is 7.70. The first-order valence-corrected chi connectivity index (χ1v) is 8.26. The molecule has 58 valence electrons. The smallest absolute Gasteiger partial charge is 0.0155 e. The Kier molecular flexibility index (Phi) is 2.84. The second-order valence-corrected chi connectivity index (χ2v) is 9.03. The van der Waals surface area contributed by atoms with E-state index in [4.69, 9.17) is 0 Å². The van der Waals surface area contributed by atoms with Gasteiger partial charge in [-0.2, -0.15) is 0 Å². The molecule has 0 saturated carbocycles. The molecule has 1 aliphatic carbocycles. The molecule has 1 aliphatic heterocycles. The summed E-state index contributed by atoms with van der Waals surface area (Å²) in [5.74, 6) is 0. The van der Waals surface area contributed by atoms with Gasteiger partial charge in [-0.3, -0.25) is 0 Å². The van der Waals surface area contributed by atoms with Crippen molar-refractivity contribution >= 4 is 47.5 Å². The van der Waals surface area contributed by atoms with Crippen LogP contribution in [0.3, 0.4) is 0 Å². The molecule has 0 bridgehead atoms. The molecule has 0 aromatic heterocycles. The molecular weight excluding hydrogens is 362 g/mol. The highest BCUT2D eigenvalue weighted by Gasteiger charge is 2.00. The minimum Gasteiger partial charge on any atom is -0.0867 e. The van der Waals surface area contributed by atoms with Gasteiger partial charge in [0.1, 0.15) is 0 Å². The summed E-state index contributed by atoms with van der Waals surface area (Å²) < 4.78 is 6.59. The molecule has 0 saturated heterocycles. The normalized spacial score (nSPS) is 21.8. The van der Waals surface area contributed by atoms with Crippen LogP contribution in [0.25, 0.3) is 0 Å². The first-order valence-electron chi connectivity index (χ1n) is 3.44. The van der Waals surface area contributed by atoms with Crippen molar-refractivity contribution in [1.29, 1.82) is 0 Å². The molecule has 1 heterocycles. The highest BCUT2D eigenvalue weighted by molar-refractivity contribution is 14.3. The van der Waals surface area contributed by atoms with Crippen molar-refractivity contribution in [2.24, 2.45) is 0 Å². The Hall–Kier alpha value is 0.420.